The molecule has 0 aromatic heterocycles. The number of carbonyl (C=O) groups excluding carboxylic acids is 6. The van der Waals surface area contributed by atoms with Crippen molar-refractivity contribution in [3.63, 3.8) is 0 Å². The second-order valence-corrected chi connectivity index (χ2v) is 16.0. The van der Waals surface area contributed by atoms with Crippen molar-refractivity contribution >= 4 is 35.6 Å². The highest BCUT2D eigenvalue weighted by Crippen LogP contribution is 2.21. The summed E-state index contributed by atoms with van der Waals surface area (Å²) in [6.45, 7) is 9.54. The molecule has 314 valence electrons. The molecule has 0 saturated carbocycles. The van der Waals surface area contributed by atoms with Crippen molar-refractivity contribution in [3.8, 4) is 0 Å². The second kappa shape index (κ2) is 24.3. The summed E-state index contributed by atoms with van der Waals surface area (Å²) in [6, 6.07) is 26.0. The molecule has 0 aliphatic heterocycles. The number of unbranched alkanes of at least 4 members (excludes halogenated alkanes) is 1. The fraction of sp³-hybridized carbons (Fsp3) is 0.478. The first kappa shape index (κ1) is 46.9. The highest BCUT2D eigenvalue weighted by atomic mass is 16.6. The van der Waals surface area contributed by atoms with Crippen LogP contribution in [0, 0.1) is 17.8 Å². The zero-order valence-corrected chi connectivity index (χ0v) is 34.8. The number of alkyl carbamates (subject to hydrolysis) is 2. The van der Waals surface area contributed by atoms with E-state index in [1.807, 2.05) is 105 Å². The van der Waals surface area contributed by atoms with Gasteiger partial charge in [0.1, 0.15) is 12.2 Å². The number of hydrogen-bond donors (Lipinski definition) is 3. The molecule has 12 heteroatoms. The van der Waals surface area contributed by atoms with E-state index in [1.54, 1.807) is 20.8 Å². The number of methoxy groups -OCH3 is 1. The van der Waals surface area contributed by atoms with Crippen LogP contribution in [0.1, 0.15) is 89.8 Å². The van der Waals surface area contributed by atoms with Crippen LogP contribution in [-0.2, 0) is 52.8 Å². The molecule has 3 aromatic rings. The van der Waals surface area contributed by atoms with Crippen molar-refractivity contribution in [2.75, 3.05) is 13.7 Å². The molecule has 4 atom stereocenters. The van der Waals surface area contributed by atoms with Crippen LogP contribution in [-0.4, -0.2) is 67.0 Å². The lowest BCUT2D eigenvalue weighted by Crippen LogP contribution is -2.48. The monoisotopic (exact) mass is 799 g/mol. The predicted molar refractivity (Wildman–Crippen MR) is 222 cm³/mol. The van der Waals surface area contributed by atoms with Crippen molar-refractivity contribution in [3.05, 3.63) is 108 Å². The third-order valence-corrected chi connectivity index (χ3v) is 9.36. The van der Waals surface area contributed by atoms with E-state index < -0.39 is 53.6 Å². The van der Waals surface area contributed by atoms with Gasteiger partial charge in [0.05, 0.1) is 25.1 Å². The van der Waals surface area contributed by atoms with Crippen LogP contribution >= 0.6 is 0 Å². The van der Waals surface area contributed by atoms with Crippen LogP contribution in [0.15, 0.2) is 91.0 Å². The van der Waals surface area contributed by atoms with E-state index in [4.69, 9.17) is 14.2 Å². The van der Waals surface area contributed by atoms with Gasteiger partial charge in [0, 0.05) is 25.3 Å². The molecule has 0 unspecified atom stereocenters. The lowest BCUT2D eigenvalue weighted by molar-refractivity contribution is -0.147. The molecule has 0 fully saturated rings. The molecule has 0 saturated heterocycles. The first-order valence-electron chi connectivity index (χ1n) is 20.1. The van der Waals surface area contributed by atoms with Crippen molar-refractivity contribution in [1.82, 2.24) is 16.0 Å². The standard InChI is InChI=1S/C46H61N3O9/c1-32(2)26-38(40(50)29-36(43(53)56-6)24-16-17-25-47-44(54)57-31-35-22-14-9-15-23-35)48-42(52)37(27-33-18-10-7-11-19-33)30-41(51)39(28-34-20-12-8-13-21-34)49-45(55)58-46(3,4)5/h7-15,18-23,32,36-39H,16-17,24-31H2,1-6H3,(H,47,54)(H,48,52)(H,49,55)/t36-,37-,38+,39+/m0/s1. The van der Waals surface area contributed by atoms with Crippen LogP contribution in [0.5, 0.6) is 0 Å². The van der Waals surface area contributed by atoms with Gasteiger partial charge in [-0.3, -0.25) is 19.2 Å². The quantitative estimate of drug-likeness (QED) is 0.0506. The third kappa shape index (κ3) is 18.2. The van der Waals surface area contributed by atoms with E-state index in [0.29, 0.717) is 32.2 Å². The number of esters is 1. The lowest BCUT2D eigenvalue weighted by Gasteiger charge is -2.26. The summed E-state index contributed by atoms with van der Waals surface area (Å²) in [6.07, 6.45) is 0.456. The summed E-state index contributed by atoms with van der Waals surface area (Å²) in [5, 5.41) is 8.38. The van der Waals surface area contributed by atoms with Crippen LogP contribution < -0.4 is 16.0 Å². The number of amides is 3. The number of ether oxygens (including phenoxy) is 3. The average Bonchev–Trinajstić information content (AvgIpc) is 3.18. The van der Waals surface area contributed by atoms with E-state index in [1.165, 1.54) is 7.11 Å². The van der Waals surface area contributed by atoms with Gasteiger partial charge in [-0.05, 0) is 75.5 Å². The number of nitrogens with one attached hydrogen (secondary N) is 3. The van der Waals surface area contributed by atoms with E-state index in [0.717, 1.165) is 16.7 Å². The Hall–Kier alpha value is -5.52. The van der Waals surface area contributed by atoms with Crippen molar-refractivity contribution < 1.29 is 43.0 Å². The second-order valence-electron chi connectivity index (χ2n) is 16.0. The number of hydrogen-bond acceptors (Lipinski definition) is 9. The minimum Gasteiger partial charge on any atom is -0.469 e. The van der Waals surface area contributed by atoms with Crippen molar-refractivity contribution in [2.45, 2.75) is 110 Å². The van der Waals surface area contributed by atoms with Gasteiger partial charge in [0.2, 0.25) is 5.91 Å². The summed E-state index contributed by atoms with van der Waals surface area (Å²) in [5.74, 6) is -3.31. The normalized spacial score (nSPS) is 13.3. The molecule has 3 amide bonds. The number of Topliss-reactive ketones (excluding diaryl/α,β-unsaturated/α-hetero) is 2. The number of rotatable bonds is 23. The van der Waals surface area contributed by atoms with E-state index in [2.05, 4.69) is 16.0 Å². The zero-order valence-electron chi connectivity index (χ0n) is 34.8. The maximum absolute atomic E-state index is 14.2. The van der Waals surface area contributed by atoms with Crippen molar-refractivity contribution in [2.24, 2.45) is 17.8 Å². The summed E-state index contributed by atoms with van der Waals surface area (Å²) in [4.78, 5) is 80.1. The topological polar surface area (TPSA) is 166 Å². The van der Waals surface area contributed by atoms with E-state index in [-0.39, 0.29) is 49.8 Å². The Morgan fingerprint density at radius 1 is 0.638 bits per heavy atom. The molecule has 12 nitrogen and oxygen atoms in total. The Kier molecular flexibility index (Phi) is 19.6. The van der Waals surface area contributed by atoms with Gasteiger partial charge in [-0.15, -0.1) is 0 Å². The fourth-order valence-corrected chi connectivity index (χ4v) is 6.45. The van der Waals surface area contributed by atoms with Crippen LogP contribution in [0.2, 0.25) is 0 Å². The number of benzene rings is 3. The largest absolute Gasteiger partial charge is 0.469 e. The zero-order chi connectivity index (χ0) is 42.5. The minimum atomic E-state index is -0.979. The first-order chi connectivity index (χ1) is 27.6. The maximum Gasteiger partial charge on any atom is 0.408 e. The van der Waals surface area contributed by atoms with E-state index >= 15 is 0 Å². The number of carbonyl (C=O) groups is 6. The molecular formula is C46H61N3O9. The SMILES string of the molecule is COC(=O)[C@@H](CCCCNC(=O)OCc1ccccc1)CC(=O)[C@@H](CC(C)C)NC(=O)[C@H](CC(=O)[C@@H](Cc1ccccc1)NC(=O)OC(C)(C)C)Cc1ccccc1. The first-order valence-corrected chi connectivity index (χ1v) is 20.1. The predicted octanol–water partition coefficient (Wildman–Crippen LogP) is 7.32. The molecule has 0 aliphatic rings. The molecule has 3 rings (SSSR count). The fourth-order valence-electron chi connectivity index (χ4n) is 6.45. The van der Waals surface area contributed by atoms with Gasteiger partial charge in [0.15, 0.2) is 11.6 Å². The summed E-state index contributed by atoms with van der Waals surface area (Å²) < 4.78 is 15.8. The third-order valence-electron chi connectivity index (χ3n) is 9.36. The summed E-state index contributed by atoms with van der Waals surface area (Å²) >= 11 is 0. The molecule has 0 bridgehead atoms. The van der Waals surface area contributed by atoms with Crippen LogP contribution in [0.3, 0.4) is 0 Å². The van der Waals surface area contributed by atoms with E-state index in [9.17, 15) is 28.8 Å². The lowest BCUT2D eigenvalue weighted by atomic mass is 9.88. The van der Waals surface area contributed by atoms with Crippen LogP contribution in [0.25, 0.3) is 0 Å². The van der Waals surface area contributed by atoms with Gasteiger partial charge in [-0.2, -0.15) is 0 Å². The number of ketones is 2. The smallest absolute Gasteiger partial charge is 0.408 e. The Balaban J connectivity index is 1.71. The van der Waals surface area contributed by atoms with Gasteiger partial charge in [-0.25, -0.2) is 9.59 Å². The van der Waals surface area contributed by atoms with Crippen LogP contribution in [0.4, 0.5) is 9.59 Å². The Morgan fingerprint density at radius 2 is 1.17 bits per heavy atom. The van der Waals surface area contributed by atoms with Gasteiger partial charge < -0.3 is 30.2 Å². The molecule has 0 radical (unpaired) electrons. The molecule has 0 heterocycles. The molecular weight excluding hydrogens is 739 g/mol. The summed E-state index contributed by atoms with van der Waals surface area (Å²) in [7, 11) is 1.27. The minimum absolute atomic E-state index is 0.0148. The molecule has 0 aliphatic carbocycles. The Morgan fingerprint density at radius 3 is 1.72 bits per heavy atom. The molecule has 0 spiro atoms. The maximum atomic E-state index is 14.2. The highest BCUT2D eigenvalue weighted by Gasteiger charge is 2.33. The summed E-state index contributed by atoms with van der Waals surface area (Å²) in [5.41, 5.74) is 1.73. The molecule has 3 N–H and O–H groups in total. The Labute approximate surface area is 343 Å². The van der Waals surface area contributed by atoms with Crippen molar-refractivity contribution in [1.29, 1.82) is 0 Å². The highest BCUT2D eigenvalue weighted by molar-refractivity contribution is 5.95. The van der Waals surface area contributed by atoms with Gasteiger partial charge >= 0.3 is 18.2 Å². The molecule has 3 aromatic carbocycles. The van der Waals surface area contributed by atoms with Gasteiger partial charge in [-0.1, -0.05) is 111 Å². The average molecular weight is 800 g/mol. The molecule has 58 heavy (non-hydrogen) atoms. The van der Waals surface area contributed by atoms with Gasteiger partial charge in [0.25, 0.3) is 0 Å². The Bertz CT molecular complexity index is 1740.